The van der Waals surface area contributed by atoms with Crippen LogP contribution in [0.15, 0.2) is 207 Å². The van der Waals surface area contributed by atoms with E-state index in [1.54, 1.807) is 0 Å². The van der Waals surface area contributed by atoms with Gasteiger partial charge in [0.1, 0.15) is 0 Å². The summed E-state index contributed by atoms with van der Waals surface area (Å²) in [4.78, 5) is 4.67. The summed E-state index contributed by atoms with van der Waals surface area (Å²) in [5.41, 5.74) is 15.0. The Kier molecular flexibility index (Phi) is 6.89. The van der Waals surface area contributed by atoms with Gasteiger partial charge in [-0.05, 0) is 90.0 Å². The maximum atomic E-state index is 4.67. The molecule has 0 aliphatic carbocycles. The van der Waals surface area contributed by atoms with Crippen molar-refractivity contribution in [1.82, 2.24) is 18.7 Å². The second-order valence-electron chi connectivity index (χ2n) is 14.9. The van der Waals surface area contributed by atoms with Crippen molar-refractivity contribution in [3.05, 3.63) is 207 Å². The van der Waals surface area contributed by atoms with Crippen LogP contribution in [0.3, 0.4) is 0 Å². The smallest absolute Gasteiger partial charge is 0.0542 e. The Hall–Kier alpha value is -7.69. The molecule has 4 aromatic heterocycles. The lowest BCUT2D eigenvalue weighted by molar-refractivity contribution is 1.16. The van der Waals surface area contributed by atoms with E-state index in [2.05, 4.69) is 207 Å². The molecular formula is C53H34N4. The molecule has 0 amide bonds. The predicted molar refractivity (Wildman–Crippen MR) is 238 cm³/mol. The number of rotatable bonds is 5. The quantitative estimate of drug-likeness (QED) is 0.174. The van der Waals surface area contributed by atoms with Crippen molar-refractivity contribution >= 4 is 65.4 Å². The molecule has 0 aliphatic rings. The minimum absolute atomic E-state index is 1.08. The number of benzene rings is 8. The minimum atomic E-state index is 1.08. The number of nitrogens with zero attached hydrogens (tertiary/aromatic N) is 4. The Bertz CT molecular complexity index is 3250. The highest BCUT2D eigenvalue weighted by atomic mass is 15.0. The molecule has 0 saturated heterocycles. The van der Waals surface area contributed by atoms with Gasteiger partial charge < -0.3 is 13.7 Å². The van der Waals surface area contributed by atoms with Crippen LogP contribution in [-0.2, 0) is 0 Å². The van der Waals surface area contributed by atoms with Gasteiger partial charge in [-0.3, -0.25) is 4.98 Å². The van der Waals surface area contributed by atoms with Gasteiger partial charge in [0.15, 0.2) is 0 Å². The monoisotopic (exact) mass is 726 g/mol. The molecule has 0 radical (unpaired) electrons. The van der Waals surface area contributed by atoms with Crippen molar-refractivity contribution in [3.8, 4) is 39.3 Å². The Morgan fingerprint density at radius 3 is 1.12 bits per heavy atom. The fourth-order valence-electron chi connectivity index (χ4n) is 9.17. The predicted octanol–water partition coefficient (Wildman–Crippen LogP) is 13.7. The van der Waals surface area contributed by atoms with Crippen molar-refractivity contribution in [2.24, 2.45) is 0 Å². The Balaban J connectivity index is 1.11. The molecule has 57 heavy (non-hydrogen) atoms. The molecule has 12 rings (SSSR count). The van der Waals surface area contributed by atoms with Crippen LogP contribution < -0.4 is 0 Å². The average molecular weight is 727 g/mol. The van der Waals surface area contributed by atoms with Gasteiger partial charge in [0.05, 0.1) is 33.1 Å². The molecule has 0 N–H and O–H groups in total. The molecule has 266 valence electrons. The third-order valence-corrected chi connectivity index (χ3v) is 11.7. The topological polar surface area (TPSA) is 27.7 Å². The fourth-order valence-corrected chi connectivity index (χ4v) is 9.17. The first kappa shape index (κ1) is 31.6. The summed E-state index contributed by atoms with van der Waals surface area (Å²) >= 11 is 0. The molecule has 0 atom stereocenters. The first-order valence-corrected chi connectivity index (χ1v) is 19.5. The van der Waals surface area contributed by atoms with Crippen LogP contribution in [0.25, 0.3) is 105 Å². The SMILES string of the molecule is c1ccc(-c2cncc(-c3cccc(-n4c5ccc(-n6c7ccccc7c7ccccc76)cc5c5cc(-n6c7ccccc7c7ccccc76)ccc54)c3)c2)cc1. The Morgan fingerprint density at radius 1 is 0.246 bits per heavy atom. The van der Waals surface area contributed by atoms with E-state index in [0.717, 1.165) is 50.3 Å². The largest absolute Gasteiger partial charge is 0.309 e. The third-order valence-electron chi connectivity index (χ3n) is 11.7. The molecule has 0 fully saturated rings. The van der Waals surface area contributed by atoms with Gasteiger partial charge in [0, 0.05) is 72.9 Å². The molecule has 0 unspecified atom stereocenters. The maximum absolute atomic E-state index is 4.67. The van der Waals surface area contributed by atoms with Crippen LogP contribution >= 0.6 is 0 Å². The van der Waals surface area contributed by atoms with Gasteiger partial charge in [0.25, 0.3) is 0 Å². The molecule has 8 aromatic carbocycles. The second kappa shape index (κ2) is 12.4. The lowest BCUT2D eigenvalue weighted by Crippen LogP contribution is -1.97. The van der Waals surface area contributed by atoms with Crippen LogP contribution in [0.4, 0.5) is 0 Å². The molecular weight excluding hydrogens is 693 g/mol. The minimum Gasteiger partial charge on any atom is -0.309 e. The van der Waals surface area contributed by atoms with Gasteiger partial charge in [0.2, 0.25) is 0 Å². The number of hydrogen-bond donors (Lipinski definition) is 0. The van der Waals surface area contributed by atoms with E-state index >= 15 is 0 Å². The van der Waals surface area contributed by atoms with Crippen LogP contribution in [0, 0.1) is 0 Å². The van der Waals surface area contributed by atoms with Crippen molar-refractivity contribution in [3.63, 3.8) is 0 Å². The summed E-state index contributed by atoms with van der Waals surface area (Å²) in [6.45, 7) is 0. The van der Waals surface area contributed by atoms with Crippen LogP contribution in [0.2, 0.25) is 0 Å². The highest BCUT2D eigenvalue weighted by Gasteiger charge is 2.19. The van der Waals surface area contributed by atoms with Crippen molar-refractivity contribution in [2.45, 2.75) is 0 Å². The zero-order valence-electron chi connectivity index (χ0n) is 30.9. The third kappa shape index (κ3) is 4.84. The van der Waals surface area contributed by atoms with Gasteiger partial charge in [-0.15, -0.1) is 0 Å². The second-order valence-corrected chi connectivity index (χ2v) is 14.9. The number of aromatic nitrogens is 4. The van der Waals surface area contributed by atoms with E-state index in [-0.39, 0.29) is 0 Å². The number of para-hydroxylation sites is 4. The number of hydrogen-bond acceptors (Lipinski definition) is 1. The van der Waals surface area contributed by atoms with Crippen molar-refractivity contribution in [1.29, 1.82) is 0 Å². The Morgan fingerprint density at radius 2 is 0.632 bits per heavy atom. The molecule has 0 spiro atoms. The molecule has 12 aromatic rings. The van der Waals surface area contributed by atoms with Crippen LogP contribution in [0.1, 0.15) is 0 Å². The lowest BCUT2D eigenvalue weighted by Gasteiger charge is -2.12. The summed E-state index contributed by atoms with van der Waals surface area (Å²) < 4.78 is 7.25. The molecule has 4 heteroatoms. The first-order valence-electron chi connectivity index (χ1n) is 19.5. The zero-order chi connectivity index (χ0) is 37.5. The lowest BCUT2D eigenvalue weighted by atomic mass is 10.0. The molecule has 4 nitrogen and oxygen atoms in total. The summed E-state index contributed by atoms with van der Waals surface area (Å²) in [6, 6.07) is 70.5. The molecule has 0 saturated carbocycles. The van der Waals surface area contributed by atoms with Gasteiger partial charge in [-0.1, -0.05) is 115 Å². The average Bonchev–Trinajstić information content (AvgIpc) is 3.92. The normalized spacial score (nSPS) is 11.9. The van der Waals surface area contributed by atoms with Gasteiger partial charge in [-0.2, -0.15) is 0 Å². The Labute approximate surface area is 328 Å². The standard InChI is InChI=1S/C53H34N4/c1-2-13-35(14-3-1)37-29-38(34-54-33-37)36-15-12-16-39(30-36)55-52-27-25-40(56-48-21-8-4-17-42(48)43-18-5-9-22-49(43)56)31-46(52)47-32-41(26-28-53(47)55)57-50-23-10-6-19-44(50)45-20-7-11-24-51(45)57/h1-34H. The van der Waals surface area contributed by atoms with E-state index in [9.17, 15) is 0 Å². The highest BCUT2D eigenvalue weighted by molar-refractivity contribution is 6.14. The van der Waals surface area contributed by atoms with Gasteiger partial charge in [-0.25, -0.2) is 0 Å². The van der Waals surface area contributed by atoms with Crippen LogP contribution in [0.5, 0.6) is 0 Å². The molecule has 0 aliphatic heterocycles. The fraction of sp³-hybridized carbons (Fsp3) is 0. The number of fused-ring (bicyclic) bond motifs is 9. The van der Waals surface area contributed by atoms with E-state index in [0.29, 0.717) is 0 Å². The first-order chi connectivity index (χ1) is 28.3. The van der Waals surface area contributed by atoms with Gasteiger partial charge >= 0.3 is 0 Å². The van der Waals surface area contributed by atoms with Crippen molar-refractivity contribution in [2.75, 3.05) is 0 Å². The van der Waals surface area contributed by atoms with E-state index in [1.165, 1.54) is 54.4 Å². The van der Waals surface area contributed by atoms with E-state index in [1.807, 2.05) is 18.5 Å². The van der Waals surface area contributed by atoms with Crippen LogP contribution in [-0.4, -0.2) is 18.7 Å². The summed E-state index contributed by atoms with van der Waals surface area (Å²) in [5, 5.41) is 7.42. The summed E-state index contributed by atoms with van der Waals surface area (Å²) in [7, 11) is 0. The zero-order valence-corrected chi connectivity index (χ0v) is 30.9. The molecule has 0 bridgehead atoms. The highest BCUT2D eigenvalue weighted by Crippen LogP contribution is 2.40. The summed E-state index contributed by atoms with van der Waals surface area (Å²) in [5.74, 6) is 0. The maximum Gasteiger partial charge on any atom is 0.0542 e. The van der Waals surface area contributed by atoms with E-state index < -0.39 is 0 Å². The van der Waals surface area contributed by atoms with E-state index in [4.69, 9.17) is 0 Å². The molecule has 4 heterocycles. The van der Waals surface area contributed by atoms with Crippen molar-refractivity contribution < 1.29 is 0 Å². The number of pyridine rings is 1. The summed E-state index contributed by atoms with van der Waals surface area (Å²) in [6.07, 6.45) is 3.91.